The topological polar surface area (TPSA) is 12.0 Å². The molecule has 0 heterocycles. The normalized spacial score (nSPS) is 11.2. The summed E-state index contributed by atoms with van der Waals surface area (Å²) in [5.74, 6) is 0. The van der Waals surface area contributed by atoms with Gasteiger partial charge in [0.15, 0.2) is 0 Å². The van der Waals surface area contributed by atoms with Crippen molar-refractivity contribution in [3.8, 4) is 0 Å². The Labute approximate surface area is 177 Å². The third-order valence-corrected chi connectivity index (χ3v) is 5.87. The average Bonchev–Trinajstić information content (AvgIpc) is 2.73. The van der Waals surface area contributed by atoms with Crippen molar-refractivity contribution in [2.45, 2.75) is 122 Å². The lowest BCUT2D eigenvalue weighted by Gasteiger charge is -2.05. The summed E-state index contributed by atoms with van der Waals surface area (Å²) in [5.41, 5.74) is 1.46. The van der Waals surface area contributed by atoms with Crippen LogP contribution in [0, 0.1) is 0 Å². The van der Waals surface area contributed by atoms with Gasteiger partial charge in [0.2, 0.25) is 0 Å². The van der Waals surface area contributed by atoms with Gasteiger partial charge >= 0.3 is 0 Å². The predicted molar refractivity (Wildman–Crippen MR) is 127 cm³/mol. The highest BCUT2D eigenvalue weighted by Gasteiger charge is 1.95. The first kappa shape index (κ1) is 25.2. The van der Waals surface area contributed by atoms with Gasteiger partial charge in [0.25, 0.3) is 0 Å². The molecule has 1 N–H and O–H groups in total. The van der Waals surface area contributed by atoms with Crippen LogP contribution < -0.4 is 5.32 Å². The molecule has 1 nitrogen and oxygen atoms in total. The number of nitrogens with one attached hydrogen (secondary N) is 1. The van der Waals surface area contributed by atoms with E-state index in [-0.39, 0.29) is 0 Å². The fraction of sp³-hybridized carbons (Fsp3) is 0.778. The van der Waals surface area contributed by atoms with E-state index in [4.69, 9.17) is 0 Å². The van der Waals surface area contributed by atoms with Crippen LogP contribution in [0.2, 0.25) is 0 Å². The molecule has 0 radical (unpaired) electrons. The zero-order valence-electron chi connectivity index (χ0n) is 19.0. The molecule has 0 fully saturated rings. The van der Waals surface area contributed by atoms with E-state index in [1.54, 1.807) is 0 Å². The van der Waals surface area contributed by atoms with Crippen LogP contribution in [0.4, 0.5) is 0 Å². The quantitative estimate of drug-likeness (QED) is 0.209. The average molecular weight is 388 g/mol. The fourth-order valence-corrected chi connectivity index (χ4v) is 3.99. The van der Waals surface area contributed by atoms with Crippen LogP contribution in [0.1, 0.15) is 122 Å². The monoisotopic (exact) mass is 387 g/mol. The summed E-state index contributed by atoms with van der Waals surface area (Å²) in [7, 11) is 0. The van der Waals surface area contributed by atoms with E-state index in [1.165, 1.54) is 128 Å². The van der Waals surface area contributed by atoms with Crippen molar-refractivity contribution in [3.63, 3.8) is 0 Å². The van der Waals surface area contributed by atoms with Crippen molar-refractivity contribution >= 4 is 0 Å². The number of hydrogen-bond donors (Lipinski definition) is 1. The van der Waals surface area contributed by atoms with E-state index >= 15 is 0 Å². The second-order valence-electron chi connectivity index (χ2n) is 8.64. The molecule has 0 saturated heterocycles. The van der Waals surface area contributed by atoms with E-state index < -0.39 is 0 Å². The van der Waals surface area contributed by atoms with Crippen molar-refractivity contribution in [3.05, 3.63) is 35.9 Å². The molecule has 1 rings (SSSR count). The third-order valence-electron chi connectivity index (χ3n) is 5.87. The molecule has 1 heteroatoms. The summed E-state index contributed by atoms with van der Waals surface area (Å²) in [6.07, 6.45) is 25.6. The van der Waals surface area contributed by atoms with Gasteiger partial charge in [-0.3, -0.25) is 0 Å². The lowest BCUT2D eigenvalue weighted by atomic mass is 10.0. The summed E-state index contributed by atoms with van der Waals surface area (Å²) in [6, 6.07) is 10.8. The third kappa shape index (κ3) is 17.3. The smallest absolute Gasteiger partial charge is 0.00457 e. The molecule has 0 unspecified atom stereocenters. The van der Waals surface area contributed by atoms with Crippen molar-refractivity contribution in [2.24, 2.45) is 0 Å². The molecule has 0 aromatic heterocycles. The minimum absolute atomic E-state index is 1.16. The fourth-order valence-electron chi connectivity index (χ4n) is 3.99. The number of unbranched alkanes of at least 4 members (excludes halogenated alkanes) is 15. The Morgan fingerprint density at radius 2 is 0.929 bits per heavy atom. The maximum atomic E-state index is 3.61. The zero-order chi connectivity index (χ0) is 20.0. The summed E-state index contributed by atoms with van der Waals surface area (Å²) >= 11 is 0. The zero-order valence-corrected chi connectivity index (χ0v) is 19.0. The molecule has 1 aromatic rings. The highest BCUT2D eigenvalue weighted by atomic mass is 14.8. The summed E-state index contributed by atoms with van der Waals surface area (Å²) in [5, 5.41) is 3.61. The number of benzene rings is 1. The van der Waals surface area contributed by atoms with Gasteiger partial charge in [0.05, 0.1) is 0 Å². The largest absolute Gasteiger partial charge is 0.317 e. The first-order valence-corrected chi connectivity index (χ1v) is 12.7. The van der Waals surface area contributed by atoms with E-state index in [0.717, 1.165) is 6.54 Å². The Hall–Kier alpha value is -0.820. The standard InChI is InChI=1S/C27H49N/c1-2-3-4-5-6-7-8-9-10-11-12-13-14-15-16-20-25-28-26-21-24-27-22-18-17-19-23-27/h17-19,22-23,28H,2-16,20-21,24-26H2,1H3. The van der Waals surface area contributed by atoms with E-state index in [1.807, 2.05) is 0 Å². The molecule has 0 amide bonds. The van der Waals surface area contributed by atoms with Crippen LogP contribution in [0.5, 0.6) is 0 Å². The van der Waals surface area contributed by atoms with Gasteiger partial charge in [0, 0.05) is 0 Å². The Kier molecular flexibility index (Phi) is 18.8. The van der Waals surface area contributed by atoms with Crippen molar-refractivity contribution in [2.75, 3.05) is 13.1 Å². The number of rotatable bonds is 21. The molecule has 0 spiro atoms. The Bertz CT molecular complexity index is 400. The van der Waals surface area contributed by atoms with Crippen LogP contribution in [0.15, 0.2) is 30.3 Å². The van der Waals surface area contributed by atoms with Gasteiger partial charge < -0.3 is 5.32 Å². The molecule has 0 atom stereocenters. The lowest BCUT2D eigenvalue weighted by molar-refractivity contribution is 0.524. The van der Waals surface area contributed by atoms with Crippen LogP contribution in [0.25, 0.3) is 0 Å². The van der Waals surface area contributed by atoms with Gasteiger partial charge in [-0.25, -0.2) is 0 Å². The second-order valence-corrected chi connectivity index (χ2v) is 8.64. The van der Waals surface area contributed by atoms with Crippen molar-refractivity contribution in [1.82, 2.24) is 5.32 Å². The molecule has 28 heavy (non-hydrogen) atoms. The van der Waals surface area contributed by atoms with Gasteiger partial charge in [-0.1, -0.05) is 134 Å². The second kappa shape index (κ2) is 20.9. The van der Waals surface area contributed by atoms with Crippen LogP contribution >= 0.6 is 0 Å². The number of hydrogen-bond acceptors (Lipinski definition) is 1. The molecular weight excluding hydrogens is 338 g/mol. The minimum Gasteiger partial charge on any atom is -0.317 e. The van der Waals surface area contributed by atoms with Crippen LogP contribution in [-0.2, 0) is 6.42 Å². The predicted octanol–water partition coefficient (Wildman–Crippen LogP) is 8.47. The SMILES string of the molecule is CCCCCCCCCCCCCCCCCCNCCCc1ccccc1. The van der Waals surface area contributed by atoms with Crippen molar-refractivity contribution in [1.29, 1.82) is 0 Å². The molecule has 0 aliphatic carbocycles. The van der Waals surface area contributed by atoms with E-state index in [9.17, 15) is 0 Å². The van der Waals surface area contributed by atoms with E-state index in [0.29, 0.717) is 0 Å². The molecule has 0 aliphatic heterocycles. The first-order chi connectivity index (χ1) is 13.9. The molecule has 0 bridgehead atoms. The van der Waals surface area contributed by atoms with Gasteiger partial charge in [-0.05, 0) is 37.9 Å². The van der Waals surface area contributed by atoms with Gasteiger partial charge in [0.1, 0.15) is 0 Å². The van der Waals surface area contributed by atoms with Crippen molar-refractivity contribution < 1.29 is 0 Å². The van der Waals surface area contributed by atoms with Crippen LogP contribution in [-0.4, -0.2) is 13.1 Å². The summed E-state index contributed by atoms with van der Waals surface area (Å²) in [4.78, 5) is 0. The molecule has 1 aromatic carbocycles. The minimum atomic E-state index is 1.16. The molecule has 0 saturated carbocycles. The Morgan fingerprint density at radius 1 is 0.500 bits per heavy atom. The summed E-state index contributed by atoms with van der Waals surface area (Å²) < 4.78 is 0. The Morgan fingerprint density at radius 3 is 1.43 bits per heavy atom. The summed E-state index contributed by atoms with van der Waals surface area (Å²) in [6.45, 7) is 4.66. The highest BCUT2D eigenvalue weighted by molar-refractivity contribution is 5.14. The molecular formula is C27H49N. The van der Waals surface area contributed by atoms with Crippen LogP contribution in [0.3, 0.4) is 0 Å². The first-order valence-electron chi connectivity index (χ1n) is 12.7. The molecule has 0 aliphatic rings. The van der Waals surface area contributed by atoms with E-state index in [2.05, 4.69) is 42.6 Å². The van der Waals surface area contributed by atoms with Gasteiger partial charge in [-0.15, -0.1) is 0 Å². The van der Waals surface area contributed by atoms with Gasteiger partial charge in [-0.2, -0.15) is 0 Å². The maximum Gasteiger partial charge on any atom is -0.00457 e. The highest BCUT2D eigenvalue weighted by Crippen LogP contribution is 2.13. The molecule has 162 valence electrons. The number of aryl methyl sites for hydroxylation is 1. The lowest BCUT2D eigenvalue weighted by Crippen LogP contribution is -2.17. The Balaban J connectivity index is 1.67. The maximum absolute atomic E-state index is 3.61.